The minimum absolute atomic E-state index is 0. The molecule has 1 atom stereocenters. The van der Waals surface area contributed by atoms with E-state index in [1.807, 2.05) is 4.90 Å². The van der Waals surface area contributed by atoms with Crippen molar-refractivity contribution in [3.05, 3.63) is 35.1 Å². The molecule has 2 rings (SSSR count). The van der Waals surface area contributed by atoms with E-state index in [9.17, 15) is 17.6 Å². The van der Waals surface area contributed by atoms with Crippen molar-refractivity contribution in [3.8, 4) is 0 Å². The molecule has 1 aliphatic heterocycles. The largest absolute Gasteiger partial charge is 0.356 e. The highest BCUT2D eigenvalue weighted by Gasteiger charge is 2.26. The Morgan fingerprint density at radius 2 is 2.03 bits per heavy atom. The maximum atomic E-state index is 13.6. The van der Waals surface area contributed by atoms with Crippen molar-refractivity contribution >= 4 is 45.7 Å². The SMILES string of the molecule is CCC(CCNC(=NC)NCc1cc(F)ccc1CS(C)(=O)=O)N1CCCC1=O.I. The molecule has 0 bridgehead atoms. The molecule has 1 saturated heterocycles. The summed E-state index contributed by atoms with van der Waals surface area (Å²) in [6, 6.07) is 4.32. The number of halogens is 2. The van der Waals surface area contributed by atoms with Crippen LogP contribution in [0.25, 0.3) is 0 Å². The van der Waals surface area contributed by atoms with Gasteiger partial charge in [0.2, 0.25) is 5.91 Å². The molecule has 0 aliphatic carbocycles. The van der Waals surface area contributed by atoms with Gasteiger partial charge in [0.25, 0.3) is 0 Å². The standard InChI is InChI=1S/C20H31FN4O3S.HI/c1-4-18(25-11-5-6-19(25)26)9-10-23-20(22-2)24-13-16-12-17(21)8-7-15(16)14-29(3,27)28;/h7-8,12,18H,4-6,9-11,13-14H2,1-3H3,(H2,22,23,24);1H. The van der Waals surface area contributed by atoms with Crippen molar-refractivity contribution in [2.75, 3.05) is 26.4 Å². The molecule has 1 fully saturated rings. The first kappa shape index (κ1) is 26.6. The lowest BCUT2D eigenvalue weighted by molar-refractivity contribution is -0.129. The summed E-state index contributed by atoms with van der Waals surface area (Å²) in [5, 5.41) is 6.32. The fourth-order valence-electron chi connectivity index (χ4n) is 3.57. The third-order valence-corrected chi connectivity index (χ3v) is 5.88. The lowest BCUT2D eigenvalue weighted by Crippen LogP contribution is -2.41. The van der Waals surface area contributed by atoms with Crippen LogP contribution in [0.4, 0.5) is 4.39 Å². The van der Waals surface area contributed by atoms with Crippen LogP contribution in [0.1, 0.15) is 43.7 Å². The van der Waals surface area contributed by atoms with Crippen LogP contribution < -0.4 is 10.6 Å². The monoisotopic (exact) mass is 554 g/mol. The van der Waals surface area contributed by atoms with Crippen molar-refractivity contribution in [2.24, 2.45) is 4.99 Å². The number of nitrogens with zero attached hydrogens (tertiary/aromatic N) is 2. The number of benzene rings is 1. The molecule has 2 N–H and O–H groups in total. The Bertz CT molecular complexity index is 848. The van der Waals surface area contributed by atoms with Crippen molar-refractivity contribution in [1.82, 2.24) is 15.5 Å². The van der Waals surface area contributed by atoms with Crippen LogP contribution in [0, 0.1) is 5.82 Å². The topological polar surface area (TPSA) is 90.9 Å². The van der Waals surface area contributed by atoms with Gasteiger partial charge in [0.15, 0.2) is 15.8 Å². The van der Waals surface area contributed by atoms with Gasteiger partial charge in [0.05, 0.1) is 5.75 Å². The smallest absolute Gasteiger partial charge is 0.222 e. The Morgan fingerprint density at radius 3 is 2.60 bits per heavy atom. The number of guanidine groups is 1. The number of hydrogen-bond donors (Lipinski definition) is 2. The van der Waals surface area contributed by atoms with E-state index < -0.39 is 15.7 Å². The molecule has 0 aromatic heterocycles. The second kappa shape index (κ2) is 12.4. The van der Waals surface area contributed by atoms with Crippen molar-refractivity contribution in [1.29, 1.82) is 0 Å². The van der Waals surface area contributed by atoms with Gasteiger partial charge in [-0.1, -0.05) is 13.0 Å². The molecule has 170 valence electrons. The highest BCUT2D eigenvalue weighted by Crippen LogP contribution is 2.18. The maximum absolute atomic E-state index is 13.6. The van der Waals surface area contributed by atoms with E-state index in [4.69, 9.17) is 0 Å². The van der Waals surface area contributed by atoms with Crippen LogP contribution in [0.5, 0.6) is 0 Å². The molecule has 30 heavy (non-hydrogen) atoms. The fourth-order valence-corrected chi connectivity index (χ4v) is 4.42. The van der Waals surface area contributed by atoms with Gasteiger partial charge in [-0.15, -0.1) is 24.0 Å². The fraction of sp³-hybridized carbons (Fsp3) is 0.600. The van der Waals surface area contributed by atoms with Gasteiger partial charge >= 0.3 is 0 Å². The Hall–Kier alpha value is -1.43. The van der Waals surface area contributed by atoms with Gasteiger partial charge in [0, 0.05) is 45.4 Å². The van der Waals surface area contributed by atoms with Gasteiger partial charge < -0.3 is 15.5 Å². The normalized spacial score (nSPS) is 15.7. The molecule has 10 heteroatoms. The first-order valence-electron chi connectivity index (χ1n) is 9.92. The van der Waals surface area contributed by atoms with Crippen LogP contribution in [0.3, 0.4) is 0 Å². The van der Waals surface area contributed by atoms with Gasteiger partial charge in [-0.25, -0.2) is 12.8 Å². The van der Waals surface area contributed by atoms with Crippen LogP contribution in [-0.4, -0.2) is 57.6 Å². The third kappa shape index (κ3) is 8.37. The molecule has 1 aromatic rings. The summed E-state index contributed by atoms with van der Waals surface area (Å²) in [5.74, 6) is 0.215. The number of sulfone groups is 1. The second-order valence-electron chi connectivity index (χ2n) is 7.38. The maximum Gasteiger partial charge on any atom is 0.222 e. The molecule has 0 spiro atoms. The molecule has 0 radical (unpaired) electrons. The number of aliphatic imine (C=N–C) groups is 1. The molecule has 1 heterocycles. The summed E-state index contributed by atoms with van der Waals surface area (Å²) in [6.07, 6.45) is 4.43. The summed E-state index contributed by atoms with van der Waals surface area (Å²) in [6.45, 7) is 3.80. The third-order valence-electron chi connectivity index (χ3n) is 5.05. The zero-order valence-electron chi connectivity index (χ0n) is 17.8. The highest BCUT2D eigenvalue weighted by atomic mass is 127. The van der Waals surface area contributed by atoms with E-state index in [0.717, 1.165) is 32.1 Å². The van der Waals surface area contributed by atoms with E-state index in [2.05, 4.69) is 22.5 Å². The first-order valence-corrected chi connectivity index (χ1v) is 12.0. The minimum Gasteiger partial charge on any atom is -0.356 e. The average Bonchev–Trinajstić information content (AvgIpc) is 3.08. The summed E-state index contributed by atoms with van der Waals surface area (Å²) in [4.78, 5) is 18.1. The number of likely N-dealkylation sites (tertiary alicyclic amines) is 1. The predicted octanol–water partition coefficient (Wildman–Crippen LogP) is 2.44. The van der Waals surface area contributed by atoms with E-state index in [-0.39, 0.29) is 48.2 Å². The Balaban J connectivity index is 0.00000450. The van der Waals surface area contributed by atoms with Crippen LogP contribution >= 0.6 is 24.0 Å². The van der Waals surface area contributed by atoms with Gasteiger partial charge in [-0.05, 0) is 42.5 Å². The quantitative estimate of drug-likeness (QED) is 0.278. The van der Waals surface area contributed by atoms with E-state index in [1.165, 1.54) is 18.2 Å². The molecule has 0 saturated carbocycles. The van der Waals surface area contributed by atoms with Crippen molar-refractivity contribution in [3.63, 3.8) is 0 Å². The average molecular weight is 554 g/mol. The number of hydrogen-bond acceptors (Lipinski definition) is 4. The molecule has 1 unspecified atom stereocenters. The minimum atomic E-state index is -3.22. The highest BCUT2D eigenvalue weighted by molar-refractivity contribution is 14.0. The number of rotatable bonds is 9. The molecular weight excluding hydrogens is 522 g/mol. The molecular formula is C20H32FIN4O3S. The number of carbonyl (C=O) groups excluding carboxylic acids is 1. The molecule has 7 nitrogen and oxygen atoms in total. The predicted molar refractivity (Wildman–Crippen MR) is 128 cm³/mol. The zero-order chi connectivity index (χ0) is 21.4. The van der Waals surface area contributed by atoms with E-state index >= 15 is 0 Å². The molecule has 1 amide bonds. The van der Waals surface area contributed by atoms with Gasteiger partial charge in [-0.3, -0.25) is 9.79 Å². The molecule has 1 aliphatic rings. The van der Waals surface area contributed by atoms with E-state index in [0.29, 0.717) is 30.1 Å². The Morgan fingerprint density at radius 1 is 1.30 bits per heavy atom. The lowest BCUT2D eigenvalue weighted by atomic mass is 10.1. The van der Waals surface area contributed by atoms with Crippen molar-refractivity contribution < 1.29 is 17.6 Å². The summed E-state index contributed by atoms with van der Waals surface area (Å²) < 4.78 is 36.9. The number of amides is 1. The van der Waals surface area contributed by atoms with Crippen molar-refractivity contribution in [2.45, 2.75) is 50.9 Å². The van der Waals surface area contributed by atoms with Crippen LogP contribution in [0.15, 0.2) is 23.2 Å². The Labute approximate surface area is 195 Å². The van der Waals surface area contributed by atoms with Gasteiger partial charge in [0.1, 0.15) is 5.82 Å². The van der Waals surface area contributed by atoms with Gasteiger partial charge in [-0.2, -0.15) is 0 Å². The Kier molecular flexibility index (Phi) is 11.0. The second-order valence-corrected chi connectivity index (χ2v) is 9.52. The van der Waals surface area contributed by atoms with E-state index in [1.54, 1.807) is 7.05 Å². The van der Waals surface area contributed by atoms with Crippen LogP contribution in [0.2, 0.25) is 0 Å². The number of carbonyl (C=O) groups is 1. The summed E-state index contributed by atoms with van der Waals surface area (Å²) in [5.41, 5.74) is 1.14. The zero-order valence-corrected chi connectivity index (χ0v) is 20.9. The molecule has 1 aromatic carbocycles. The summed E-state index contributed by atoms with van der Waals surface area (Å²) in [7, 11) is -1.59. The first-order chi connectivity index (χ1) is 13.7. The number of nitrogens with one attached hydrogen (secondary N) is 2. The lowest BCUT2D eigenvalue weighted by Gasteiger charge is -2.27. The van der Waals surface area contributed by atoms with Crippen LogP contribution in [-0.2, 0) is 26.9 Å². The summed E-state index contributed by atoms with van der Waals surface area (Å²) >= 11 is 0.